The van der Waals surface area contributed by atoms with Crippen LogP contribution in [0, 0.1) is 0 Å². The molecule has 0 fully saturated rings. The van der Waals surface area contributed by atoms with E-state index in [4.69, 9.17) is 4.74 Å². The Kier molecular flexibility index (Phi) is 3.84. The van der Waals surface area contributed by atoms with Gasteiger partial charge >= 0.3 is 5.97 Å². The average molecular weight is 196 g/mol. The predicted octanol–water partition coefficient (Wildman–Crippen LogP) is -0.371. The number of amidine groups is 1. The van der Waals surface area contributed by atoms with Crippen LogP contribution in [0.1, 0.15) is 0 Å². The smallest absolute Gasteiger partial charge is 0.330 e. The lowest BCUT2D eigenvalue weighted by Gasteiger charge is -2.16. The van der Waals surface area contributed by atoms with E-state index in [9.17, 15) is 9.59 Å². The lowest BCUT2D eigenvalue weighted by molar-refractivity contribution is -0.137. The number of hydrogen-bond donors (Lipinski definition) is 0. The Bertz CT molecular complexity index is 273. The number of aldehydes is 1. The Morgan fingerprint density at radius 3 is 3.14 bits per heavy atom. The Balaban J connectivity index is 2.25. The van der Waals surface area contributed by atoms with Crippen molar-refractivity contribution in [2.75, 3.05) is 26.2 Å². The molecule has 1 aliphatic rings. The summed E-state index contributed by atoms with van der Waals surface area (Å²) in [5.74, 6) is -0.0200. The monoisotopic (exact) mass is 196 g/mol. The molecule has 0 aromatic carbocycles. The molecular formula is C9H12N2O3. The van der Waals surface area contributed by atoms with E-state index in [1.54, 1.807) is 4.90 Å². The van der Waals surface area contributed by atoms with Gasteiger partial charge in [-0.3, -0.25) is 9.79 Å². The zero-order chi connectivity index (χ0) is 10.4. The summed E-state index contributed by atoms with van der Waals surface area (Å²) in [7, 11) is 0. The lowest BCUT2D eigenvalue weighted by Crippen LogP contribution is -2.32. The summed E-state index contributed by atoms with van der Waals surface area (Å²) in [6, 6.07) is 0. The van der Waals surface area contributed by atoms with Gasteiger partial charge in [0.15, 0.2) is 12.1 Å². The molecule has 0 spiro atoms. The zero-order valence-corrected chi connectivity index (χ0v) is 7.81. The number of carbonyl (C=O) groups is 2. The number of ether oxygens (including phenoxy) is 1. The first kappa shape index (κ1) is 10.4. The van der Waals surface area contributed by atoms with Crippen LogP contribution in [0.25, 0.3) is 0 Å². The van der Waals surface area contributed by atoms with E-state index in [-0.39, 0.29) is 6.61 Å². The minimum atomic E-state index is -0.450. The van der Waals surface area contributed by atoms with Crippen LogP contribution in [-0.2, 0) is 14.3 Å². The number of esters is 1. The number of nitrogens with zero attached hydrogens (tertiary/aromatic N) is 2. The summed E-state index contributed by atoms with van der Waals surface area (Å²) in [6.07, 6.45) is 1.82. The third-order valence-electron chi connectivity index (χ3n) is 1.85. The van der Waals surface area contributed by atoms with E-state index in [2.05, 4.69) is 11.6 Å². The van der Waals surface area contributed by atoms with Crippen LogP contribution in [0.3, 0.4) is 0 Å². The van der Waals surface area contributed by atoms with Gasteiger partial charge in [-0.25, -0.2) is 4.79 Å². The molecule has 1 aliphatic heterocycles. The normalized spacial score (nSPS) is 14.9. The van der Waals surface area contributed by atoms with E-state index in [1.165, 1.54) is 0 Å². The fraction of sp³-hybridized carbons (Fsp3) is 0.444. The molecule has 0 unspecified atom stereocenters. The van der Waals surface area contributed by atoms with Crippen molar-refractivity contribution in [3.63, 3.8) is 0 Å². The quantitative estimate of drug-likeness (QED) is 0.342. The molecule has 5 nitrogen and oxygen atoms in total. The van der Waals surface area contributed by atoms with Gasteiger partial charge in [0.1, 0.15) is 6.61 Å². The number of aliphatic imine (C=N–C) groups is 1. The van der Waals surface area contributed by atoms with Crippen molar-refractivity contribution in [1.29, 1.82) is 0 Å². The third kappa shape index (κ3) is 2.69. The molecule has 1 rings (SSSR count). The number of hydrogen-bond acceptors (Lipinski definition) is 5. The zero-order valence-electron chi connectivity index (χ0n) is 7.81. The van der Waals surface area contributed by atoms with Gasteiger partial charge in [-0.2, -0.15) is 0 Å². The van der Waals surface area contributed by atoms with E-state index in [0.29, 0.717) is 31.8 Å². The van der Waals surface area contributed by atoms with E-state index in [1.807, 2.05) is 0 Å². The van der Waals surface area contributed by atoms with Gasteiger partial charge in [0.05, 0.1) is 13.1 Å². The van der Waals surface area contributed by atoms with Gasteiger partial charge < -0.3 is 9.64 Å². The molecule has 0 aliphatic carbocycles. The number of rotatable bonds is 5. The maximum Gasteiger partial charge on any atom is 0.330 e. The highest BCUT2D eigenvalue weighted by molar-refractivity contribution is 6.27. The second kappa shape index (κ2) is 5.16. The number of carbonyl (C=O) groups excluding carboxylic acids is 2. The predicted molar refractivity (Wildman–Crippen MR) is 51.1 cm³/mol. The van der Waals surface area contributed by atoms with Gasteiger partial charge in [0.2, 0.25) is 0 Å². The summed E-state index contributed by atoms with van der Waals surface area (Å²) in [5, 5.41) is 0. The molecule has 1 heterocycles. The molecule has 0 saturated heterocycles. The minimum Gasteiger partial charge on any atom is -0.461 e. The van der Waals surface area contributed by atoms with Gasteiger partial charge in [-0.15, -0.1) is 0 Å². The highest BCUT2D eigenvalue weighted by Crippen LogP contribution is 1.99. The fourth-order valence-electron chi connectivity index (χ4n) is 1.15. The topological polar surface area (TPSA) is 59.0 Å². The summed E-state index contributed by atoms with van der Waals surface area (Å²) in [5.41, 5.74) is 0. The first-order valence-corrected chi connectivity index (χ1v) is 4.31. The first-order valence-electron chi connectivity index (χ1n) is 4.31. The Labute approximate surface area is 82.1 Å². The Hall–Kier alpha value is -1.65. The van der Waals surface area contributed by atoms with Gasteiger partial charge in [-0.05, 0) is 0 Å². The molecule has 0 aromatic heterocycles. The van der Waals surface area contributed by atoms with Gasteiger partial charge in [-0.1, -0.05) is 6.58 Å². The molecule has 5 heteroatoms. The molecule has 0 amide bonds. The minimum absolute atomic E-state index is 0.248. The molecule has 76 valence electrons. The molecule has 0 bridgehead atoms. The molecule has 0 atom stereocenters. The van der Waals surface area contributed by atoms with E-state index in [0.717, 1.165) is 6.08 Å². The molecule has 0 aromatic rings. The van der Waals surface area contributed by atoms with Crippen molar-refractivity contribution >= 4 is 18.1 Å². The fourth-order valence-corrected chi connectivity index (χ4v) is 1.15. The maximum absolute atomic E-state index is 10.7. The Morgan fingerprint density at radius 2 is 2.50 bits per heavy atom. The van der Waals surface area contributed by atoms with Crippen molar-refractivity contribution in [2.24, 2.45) is 4.99 Å². The van der Waals surface area contributed by atoms with Crippen LogP contribution < -0.4 is 0 Å². The highest BCUT2D eigenvalue weighted by Gasteiger charge is 2.15. The van der Waals surface area contributed by atoms with Crippen LogP contribution in [0.4, 0.5) is 0 Å². The second-order valence-electron chi connectivity index (χ2n) is 2.72. The van der Waals surface area contributed by atoms with Crippen molar-refractivity contribution < 1.29 is 14.3 Å². The largest absolute Gasteiger partial charge is 0.461 e. The van der Waals surface area contributed by atoms with Crippen LogP contribution in [-0.4, -0.2) is 49.2 Å². The lowest BCUT2D eigenvalue weighted by atomic mass is 10.5. The Morgan fingerprint density at radius 1 is 1.71 bits per heavy atom. The van der Waals surface area contributed by atoms with Crippen LogP contribution in [0.2, 0.25) is 0 Å². The highest BCUT2D eigenvalue weighted by atomic mass is 16.5. The molecule has 0 radical (unpaired) electrons. The van der Waals surface area contributed by atoms with Crippen molar-refractivity contribution in [3.05, 3.63) is 12.7 Å². The summed E-state index contributed by atoms with van der Waals surface area (Å²) >= 11 is 0. The van der Waals surface area contributed by atoms with E-state index >= 15 is 0 Å². The molecule has 0 N–H and O–H groups in total. The van der Waals surface area contributed by atoms with Crippen LogP contribution in [0.5, 0.6) is 0 Å². The summed E-state index contributed by atoms with van der Waals surface area (Å²) < 4.78 is 4.78. The van der Waals surface area contributed by atoms with Gasteiger partial charge in [0.25, 0.3) is 0 Å². The summed E-state index contributed by atoms with van der Waals surface area (Å²) in [4.78, 5) is 26.9. The van der Waals surface area contributed by atoms with E-state index < -0.39 is 5.97 Å². The van der Waals surface area contributed by atoms with Crippen molar-refractivity contribution in [1.82, 2.24) is 4.90 Å². The molecule has 14 heavy (non-hydrogen) atoms. The molecule has 0 saturated carbocycles. The van der Waals surface area contributed by atoms with Crippen molar-refractivity contribution in [3.8, 4) is 0 Å². The van der Waals surface area contributed by atoms with Crippen LogP contribution in [0.15, 0.2) is 17.6 Å². The van der Waals surface area contributed by atoms with Crippen LogP contribution >= 0.6 is 0 Å². The third-order valence-corrected chi connectivity index (χ3v) is 1.85. The average Bonchev–Trinajstić information content (AvgIpc) is 2.65. The first-order chi connectivity index (χ1) is 6.77. The van der Waals surface area contributed by atoms with Crippen molar-refractivity contribution in [2.45, 2.75) is 0 Å². The van der Waals surface area contributed by atoms with Gasteiger partial charge in [0, 0.05) is 12.6 Å². The summed E-state index contributed by atoms with van der Waals surface area (Å²) in [6.45, 7) is 5.36. The second-order valence-corrected chi connectivity index (χ2v) is 2.72. The molecular weight excluding hydrogens is 184 g/mol. The maximum atomic E-state index is 10.7. The SMILES string of the molecule is C=CC(=O)OCCN1CCN=C1C=O. The standard InChI is InChI=1S/C9H12N2O3/c1-2-9(13)14-6-5-11-4-3-10-8(11)7-12/h2,7H,1,3-6H2.